The number of amides is 1. The van der Waals surface area contributed by atoms with Crippen LogP contribution < -0.4 is 5.32 Å². The van der Waals surface area contributed by atoms with Crippen LogP contribution >= 0.6 is 0 Å². The number of pyridine rings is 1. The molecule has 4 rings (SSSR count). The predicted molar refractivity (Wildman–Crippen MR) is 114 cm³/mol. The highest BCUT2D eigenvalue weighted by molar-refractivity contribution is 5.94. The molecule has 0 saturated carbocycles. The number of fused-ring (bicyclic) bond motifs is 1. The van der Waals surface area contributed by atoms with Crippen molar-refractivity contribution in [2.45, 2.75) is 63.8 Å². The molecule has 6 heteroatoms. The Labute approximate surface area is 173 Å². The first-order valence-corrected chi connectivity index (χ1v) is 11.2. The van der Waals surface area contributed by atoms with Gasteiger partial charge in [-0.05, 0) is 69.2 Å². The summed E-state index contributed by atoms with van der Waals surface area (Å²) in [4.78, 5) is 19.3. The zero-order valence-corrected chi connectivity index (χ0v) is 17.6. The van der Waals surface area contributed by atoms with Gasteiger partial charge in [-0.15, -0.1) is 0 Å². The molecule has 0 unspecified atom stereocenters. The number of aryl methyl sites for hydroxylation is 2. The topological polar surface area (TPSA) is 63.1 Å². The van der Waals surface area contributed by atoms with E-state index in [2.05, 4.69) is 27.5 Å². The van der Waals surface area contributed by atoms with Gasteiger partial charge in [-0.3, -0.25) is 14.5 Å². The lowest BCUT2D eigenvalue weighted by Crippen LogP contribution is -2.37. The van der Waals surface area contributed by atoms with E-state index in [1.807, 2.05) is 29.0 Å². The van der Waals surface area contributed by atoms with Crippen molar-refractivity contribution in [1.82, 2.24) is 25.0 Å². The molecule has 29 heavy (non-hydrogen) atoms. The Morgan fingerprint density at radius 3 is 2.69 bits per heavy atom. The molecule has 6 nitrogen and oxygen atoms in total. The number of hydrogen-bond donors (Lipinski definition) is 1. The number of hydrogen-bond acceptors (Lipinski definition) is 4. The molecule has 2 aromatic rings. The van der Waals surface area contributed by atoms with Gasteiger partial charge in [0.25, 0.3) is 5.91 Å². The van der Waals surface area contributed by atoms with Crippen molar-refractivity contribution in [2.75, 3.05) is 19.6 Å². The SMILES string of the molecule is Cn1nc(C(=O)N2CCCCCC2)c2c1CC[C@@H](NCCCc1ccncc1)C2. The van der Waals surface area contributed by atoms with Gasteiger partial charge < -0.3 is 10.2 Å². The average Bonchev–Trinajstić information content (AvgIpc) is 2.92. The maximum Gasteiger partial charge on any atom is 0.274 e. The standard InChI is InChI=1S/C23H33N5O/c1-27-21-9-8-19(25-12-6-7-18-10-13-24-14-11-18)17-20(21)22(26-27)23(29)28-15-4-2-3-5-16-28/h10-11,13-14,19,25H,2-9,12,15-17H2,1H3/t19-/m1/s1. The Hall–Kier alpha value is -2.21. The van der Waals surface area contributed by atoms with Crippen molar-refractivity contribution in [1.29, 1.82) is 0 Å². The number of likely N-dealkylation sites (tertiary alicyclic amines) is 1. The van der Waals surface area contributed by atoms with Crippen LogP contribution in [0.5, 0.6) is 0 Å². The monoisotopic (exact) mass is 395 g/mol. The highest BCUT2D eigenvalue weighted by Crippen LogP contribution is 2.26. The van der Waals surface area contributed by atoms with Crippen LogP contribution in [-0.2, 0) is 26.3 Å². The number of carbonyl (C=O) groups is 1. The van der Waals surface area contributed by atoms with E-state index in [1.54, 1.807) is 0 Å². The number of rotatable bonds is 6. The molecule has 1 aliphatic heterocycles. The first kappa shape index (κ1) is 20.1. The van der Waals surface area contributed by atoms with Crippen molar-refractivity contribution >= 4 is 5.91 Å². The average molecular weight is 396 g/mol. The Kier molecular flexibility index (Phi) is 6.60. The minimum Gasteiger partial charge on any atom is -0.337 e. The molecule has 3 heterocycles. The summed E-state index contributed by atoms with van der Waals surface area (Å²) in [5.41, 5.74) is 4.47. The molecule has 2 aromatic heterocycles. The maximum atomic E-state index is 13.2. The van der Waals surface area contributed by atoms with E-state index in [0.29, 0.717) is 11.7 Å². The van der Waals surface area contributed by atoms with Crippen LogP contribution in [0.15, 0.2) is 24.5 Å². The van der Waals surface area contributed by atoms with Gasteiger partial charge in [-0.1, -0.05) is 12.8 Å². The smallest absolute Gasteiger partial charge is 0.274 e. The van der Waals surface area contributed by atoms with Crippen LogP contribution in [0, 0.1) is 0 Å². The first-order chi connectivity index (χ1) is 14.2. The van der Waals surface area contributed by atoms with E-state index in [-0.39, 0.29) is 5.91 Å². The van der Waals surface area contributed by atoms with Crippen LogP contribution in [-0.4, -0.2) is 51.2 Å². The predicted octanol–water partition coefficient (Wildman–Crippen LogP) is 2.91. The van der Waals surface area contributed by atoms with Gasteiger partial charge in [0.15, 0.2) is 5.69 Å². The molecule has 1 atom stereocenters. The summed E-state index contributed by atoms with van der Waals surface area (Å²) in [6, 6.07) is 4.60. The summed E-state index contributed by atoms with van der Waals surface area (Å²) in [6.07, 6.45) is 13.6. The number of nitrogens with zero attached hydrogens (tertiary/aromatic N) is 4. The Bertz CT molecular complexity index is 808. The fraction of sp³-hybridized carbons (Fsp3) is 0.609. The van der Waals surface area contributed by atoms with Crippen molar-refractivity contribution in [3.05, 3.63) is 47.0 Å². The Morgan fingerprint density at radius 1 is 1.17 bits per heavy atom. The van der Waals surface area contributed by atoms with Gasteiger partial charge in [-0.2, -0.15) is 5.10 Å². The highest BCUT2D eigenvalue weighted by atomic mass is 16.2. The normalized spacial score (nSPS) is 19.6. The Morgan fingerprint density at radius 2 is 1.93 bits per heavy atom. The van der Waals surface area contributed by atoms with Crippen molar-refractivity contribution in [3.8, 4) is 0 Å². The molecule has 2 aliphatic rings. The second-order valence-corrected chi connectivity index (χ2v) is 8.46. The summed E-state index contributed by atoms with van der Waals surface area (Å²) in [5, 5.41) is 8.38. The van der Waals surface area contributed by atoms with Gasteiger partial charge in [0.1, 0.15) is 0 Å². The number of nitrogens with one attached hydrogen (secondary N) is 1. The van der Waals surface area contributed by atoms with E-state index >= 15 is 0 Å². The lowest BCUT2D eigenvalue weighted by atomic mass is 9.91. The third-order valence-corrected chi connectivity index (χ3v) is 6.38. The molecule has 1 amide bonds. The zero-order valence-electron chi connectivity index (χ0n) is 17.6. The van der Waals surface area contributed by atoms with Crippen LogP contribution in [0.4, 0.5) is 0 Å². The van der Waals surface area contributed by atoms with Gasteiger partial charge in [-0.25, -0.2) is 0 Å². The van der Waals surface area contributed by atoms with Crippen LogP contribution in [0.1, 0.15) is 65.8 Å². The van der Waals surface area contributed by atoms with Gasteiger partial charge in [0.05, 0.1) is 0 Å². The first-order valence-electron chi connectivity index (χ1n) is 11.2. The molecule has 0 aromatic carbocycles. The number of aromatic nitrogens is 3. The molecule has 156 valence electrons. The molecular weight excluding hydrogens is 362 g/mol. The van der Waals surface area contributed by atoms with Crippen LogP contribution in [0.3, 0.4) is 0 Å². The highest BCUT2D eigenvalue weighted by Gasteiger charge is 2.30. The molecule has 1 N–H and O–H groups in total. The third kappa shape index (κ3) is 4.86. The second-order valence-electron chi connectivity index (χ2n) is 8.46. The summed E-state index contributed by atoms with van der Waals surface area (Å²) in [7, 11) is 1.99. The van der Waals surface area contributed by atoms with E-state index in [9.17, 15) is 4.79 Å². The van der Waals surface area contributed by atoms with E-state index in [0.717, 1.165) is 64.6 Å². The van der Waals surface area contributed by atoms with Gasteiger partial charge in [0, 0.05) is 49.8 Å². The minimum atomic E-state index is 0.141. The molecule has 0 spiro atoms. The largest absolute Gasteiger partial charge is 0.337 e. The second kappa shape index (κ2) is 9.53. The van der Waals surface area contributed by atoms with Crippen molar-refractivity contribution in [3.63, 3.8) is 0 Å². The molecule has 1 fully saturated rings. The quantitative estimate of drug-likeness (QED) is 0.764. The number of carbonyl (C=O) groups excluding carboxylic acids is 1. The van der Waals surface area contributed by atoms with Gasteiger partial charge >= 0.3 is 0 Å². The fourth-order valence-electron chi connectivity index (χ4n) is 4.71. The maximum absolute atomic E-state index is 13.2. The molecule has 1 saturated heterocycles. The summed E-state index contributed by atoms with van der Waals surface area (Å²) in [5.74, 6) is 0.141. The lowest BCUT2D eigenvalue weighted by Gasteiger charge is -2.25. The van der Waals surface area contributed by atoms with E-state index in [4.69, 9.17) is 0 Å². The van der Waals surface area contributed by atoms with E-state index in [1.165, 1.54) is 29.7 Å². The lowest BCUT2D eigenvalue weighted by molar-refractivity contribution is 0.0753. The molecule has 0 bridgehead atoms. The van der Waals surface area contributed by atoms with Crippen molar-refractivity contribution in [2.24, 2.45) is 7.05 Å². The summed E-state index contributed by atoms with van der Waals surface area (Å²) in [6.45, 7) is 2.75. The fourth-order valence-corrected chi connectivity index (χ4v) is 4.71. The van der Waals surface area contributed by atoms with Crippen LogP contribution in [0.25, 0.3) is 0 Å². The van der Waals surface area contributed by atoms with Gasteiger partial charge in [0.2, 0.25) is 0 Å². The molecule has 1 aliphatic carbocycles. The van der Waals surface area contributed by atoms with Crippen LogP contribution in [0.2, 0.25) is 0 Å². The summed E-state index contributed by atoms with van der Waals surface area (Å²) >= 11 is 0. The zero-order chi connectivity index (χ0) is 20.1. The van der Waals surface area contributed by atoms with E-state index < -0.39 is 0 Å². The third-order valence-electron chi connectivity index (χ3n) is 6.38. The molecule has 0 radical (unpaired) electrons. The van der Waals surface area contributed by atoms with Crippen molar-refractivity contribution < 1.29 is 4.79 Å². The minimum absolute atomic E-state index is 0.141. The summed E-state index contributed by atoms with van der Waals surface area (Å²) < 4.78 is 1.94. The molecular formula is C23H33N5O. The Balaban J connectivity index is 1.36.